The van der Waals surface area contributed by atoms with Gasteiger partial charge in [0.2, 0.25) is 0 Å². The molecule has 1 unspecified atom stereocenters. The monoisotopic (exact) mass is 225 g/mol. The number of nitrogens with one attached hydrogen (secondary N) is 1. The predicted molar refractivity (Wildman–Crippen MR) is 58.1 cm³/mol. The van der Waals surface area contributed by atoms with E-state index in [9.17, 15) is 0 Å². The van der Waals surface area contributed by atoms with Crippen LogP contribution in [0, 0.1) is 0 Å². The Labute approximate surface area is 87.9 Å². The summed E-state index contributed by atoms with van der Waals surface area (Å²) < 4.78 is 0. The van der Waals surface area contributed by atoms with Gasteiger partial charge in [0.15, 0.2) is 0 Å². The fraction of sp³-hybridized carbons (Fsp3) is 0.750. The lowest BCUT2D eigenvalue weighted by Gasteiger charge is -2.22. The van der Waals surface area contributed by atoms with Crippen LogP contribution in [-0.2, 0) is 0 Å². The summed E-state index contributed by atoms with van der Waals surface area (Å²) in [4.78, 5) is 0. The van der Waals surface area contributed by atoms with Crippen LogP contribution in [0.15, 0.2) is 10.6 Å². The van der Waals surface area contributed by atoms with Gasteiger partial charge in [-0.1, -0.05) is 23.2 Å². The molecule has 1 saturated heterocycles. The van der Waals surface area contributed by atoms with Gasteiger partial charge in [-0.2, -0.15) is 11.8 Å². The van der Waals surface area contributed by atoms with Crippen LogP contribution < -0.4 is 5.32 Å². The fourth-order valence-corrected chi connectivity index (χ4v) is 2.44. The summed E-state index contributed by atoms with van der Waals surface area (Å²) >= 11 is 13.2. The molecule has 1 atom stereocenters. The van der Waals surface area contributed by atoms with Crippen LogP contribution in [0.4, 0.5) is 0 Å². The summed E-state index contributed by atoms with van der Waals surface area (Å²) in [6.07, 6.45) is 2.57. The summed E-state index contributed by atoms with van der Waals surface area (Å²) in [6.45, 7) is 0.705. The molecule has 1 heterocycles. The molecule has 1 nitrogen and oxygen atoms in total. The second-order valence-electron chi connectivity index (χ2n) is 2.85. The molecule has 0 aromatic carbocycles. The zero-order valence-electron chi connectivity index (χ0n) is 6.85. The van der Waals surface area contributed by atoms with Gasteiger partial charge in [-0.05, 0) is 18.6 Å². The normalized spacial score (nSPS) is 25.8. The highest BCUT2D eigenvalue weighted by Crippen LogP contribution is 2.17. The molecule has 0 bridgehead atoms. The third kappa shape index (κ3) is 4.04. The molecule has 0 spiro atoms. The molecule has 1 rings (SSSR count). The SMILES string of the molecule is Cl/C=C(/Cl)CNC1CCCSC1. The molecule has 1 fully saturated rings. The van der Waals surface area contributed by atoms with Crippen LogP contribution >= 0.6 is 35.0 Å². The van der Waals surface area contributed by atoms with E-state index in [-0.39, 0.29) is 0 Å². The zero-order chi connectivity index (χ0) is 8.81. The Morgan fingerprint density at radius 1 is 1.67 bits per heavy atom. The molecule has 4 heteroatoms. The third-order valence-electron chi connectivity index (χ3n) is 1.84. The average Bonchev–Trinajstić information content (AvgIpc) is 2.16. The minimum Gasteiger partial charge on any atom is -0.308 e. The summed E-state index contributed by atoms with van der Waals surface area (Å²) in [5.41, 5.74) is 1.42. The Kier molecular flexibility index (Phi) is 5.48. The summed E-state index contributed by atoms with van der Waals surface area (Å²) in [7, 11) is 0. The quantitative estimate of drug-likeness (QED) is 0.794. The Bertz CT molecular complexity index is 155. The summed E-state index contributed by atoms with van der Waals surface area (Å²) in [5.74, 6) is 2.50. The highest BCUT2D eigenvalue weighted by atomic mass is 35.5. The van der Waals surface area contributed by atoms with Gasteiger partial charge in [-0.25, -0.2) is 0 Å². The highest BCUT2D eigenvalue weighted by Gasteiger charge is 2.12. The van der Waals surface area contributed by atoms with E-state index >= 15 is 0 Å². The van der Waals surface area contributed by atoms with Crippen molar-refractivity contribution < 1.29 is 0 Å². The van der Waals surface area contributed by atoms with Crippen LogP contribution in [0.2, 0.25) is 0 Å². The van der Waals surface area contributed by atoms with Crippen molar-refractivity contribution in [2.24, 2.45) is 0 Å². The lowest BCUT2D eigenvalue weighted by atomic mass is 10.2. The van der Waals surface area contributed by atoms with E-state index in [1.807, 2.05) is 11.8 Å². The molecule has 0 radical (unpaired) electrons. The van der Waals surface area contributed by atoms with Crippen molar-refractivity contribution in [1.82, 2.24) is 5.32 Å². The van der Waals surface area contributed by atoms with Gasteiger partial charge < -0.3 is 5.32 Å². The Morgan fingerprint density at radius 2 is 2.50 bits per heavy atom. The third-order valence-corrected chi connectivity index (χ3v) is 3.67. The maximum atomic E-state index is 5.74. The zero-order valence-corrected chi connectivity index (χ0v) is 9.18. The van der Waals surface area contributed by atoms with Crippen LogP contribution in [-0.4, -0.2) is 24.1 Å². The van der Waals surface area contributed by atoms with Gasteiger partial charge in [-0.15, -0.1) is 0 Å². The van der Waals surface area contributed by atoms with Crippen molar-refractivity contribution in [3.63, 3.8) is 0 Å². The van der Waals surface area contributed by atoms with E-state index in [2.05, 4.69) is 5.32 Å². The first-order chi connectivity index (χ1) is 5.83. The van der Waals surface area contributed by atoms with Crippen molar-refractivity contribution in [2.75, 3.05) is 18.1 Å². The van der Waals surface area contributed by atoms with E-state index < -0.39 is 0 Å². The number of thioether (sulfide) groups is 1. The first-order valence-electron chi connectivity index (χ1n) is 4.09. The average molecular weight is 226 g/mol. The second-order valence-corrected chi connectivity index (χ2v) is 4.70. The van der Waals surface area contributed by atoms with E-state index in [4.69, 9.17) is 23.2 Å². The van der Waals surface area contributed by atoms with Gasteiger partial charge in [0, 0.05) is 28.9 Å². The smallest absolute Gasteiger partial charge is 0.0432 e. The van der Waals surface area contributed by atoms with Crippen LogP contribution in [0.25, 0.3) is 0 Å². The van der Waals surface area contributed by atoms with Crippen molar-refractivity contribution in [1.29, 1.82) is 0 Å². The number of rotatable bonds is 3. The van der Waals surface area contributed by atoms with Crippen LogP contribution in [0.3, 0.4) is 0 Å². The van der Waals surface area contributed by atoms with E-state index in [1.54, 1.807) is 0 Å². The molecule has 1 aliphatic rings. The number of hydrogen-bond acceptors (Lipinski definition) is 2. The molecule has 0 amide bonds. The number of hydrogen-bond donors (Lipinski definition) is 1. The first kappa shape index (κ1) is 10.7. The topological polar surface area (TPSA) is 12.0 Å². The van der Waals surface area contributed by atoms with Crippen molar-refractivity contribution >= 4 is 35.0 Å². The van der Waals surface area contributed by atoms with E-state index in [1.165, 1.54) is 29.9 Å². The standard InChI is InChI=1S/C8H13Cl2NS/c9-4-7(10)5-11-8-2-1-3-12-6-8/h4,8,11H,1-3,5-6H2/b7-4+. The van der Waals surface area contributed by atoms with Crippen LogP contribution in [0.5, 0.6) is 0 Å². The molecule has 0 aromatic rings. The first-order valence-corrected chi connectivity index (χ1v) is 6.05. The largest absolute Gasteiger partial charge is 0.308 e. The fourth-order valence-electron chi connectivity index (χ4n) is 1.18. The van der Waals surface area contributed by atoms with Crippen molar-refractivity contribution in [3.05, 3.63) is 10.6 Å². The molecule has 0 aliphatic carbocycles. The van der Waals surface area contributed by atoms with Gasteiger partial charge in [0.05, 0.1) is 0 Å². The van der Waals surface area contributed by atoms with E-state index in [0.29, 0.717) is 17.6 Å². The maximum Gasteiger partial charge on any atom is 0.0432 e. The summed E-state index contributed by atoms with van der Waals surface area (Å²) in [6, 6.07) is 0.620. The summed E-state index contributed by atoms with van der Waals surface area (Å²) in [5, 5.41) is 4.05. The van der Waals surface area contributed by atoms with E-state index in [0.717, 1.165) is 0 Å². The minimum atomic E-state index is 0.620. The number of halogens is 2. The van der Waals surface area contributed by atoms with Gasteiger partial charge in [-0.3, -0.25) is 0 Å². The molecule has 12 heavy (non-hydrogen) atoms. The van der Waals surface area contributed by atoms with Crippen LogP contribution in [0.1, 0.15) is 12.8 Å². The molecule has 0 saturated carbocycles. The van der Waals surface area contributed by atoms with Gasteiger partial charge in [0.25, 0.3) is 0 Å². The highest BCUT2D eigenvalue weighted by molar-refractivity contribution is 7.99. The predicted octanol–water partition coefficient (Wildman–Crippen LogP) is 2.79. The molecule has 70 valence electrons. The minimum absolute atomic E-state index is 0.620. The van der Waals surface area contributed by atoms with Gasteiger partial charge in [0.1, 0.15) is 0 Å². The molecule has 1 aliphatic heterocycles. The maximum absolute atomic E-state index is 5.74. The molecule has 0 aromatic heterocycles. The second kappa shape index (κ2) is 6.14. The molecule has 1 N–H and O–H groups in total. The Balaban J connectivity index is 2.13. The van der Waals surface area contributed by atoms with Crippen molar-refractivity contribution in [3.8, 4) is 0 Å². The Hall–Kier alpha value is 0.630. The molecular formula is C8H13Cl2NS. The van der Waals surface area contributed by atoms with Gasteiger partial charge >= 0.3 is 0 Å². The lowest BCUT2D eigenvalue weighted by molar-refractivity contribution is 0.533. The lowest BCUT2D eigenvalue weighted by Crippen LogP contribution is -2.34. The molecular weight excluding hydrogens is 213 g/mol. The Morgan fingerprint density at radius 3 is 3.08 bits per heavy atom. The van der Waals surface area contributed by atoms with Crippen molar-refractivity contribution in [2.45, 2.75) is 18.9 Å².